The van der Waals surface area contributed by atoms with E-state index in [0.29, 0.717) is 0 Å². The van der Waals surface area contributed by atoms with Crippen LogP contribution >= 0.6 is 11.3 Å². The standard InChI is InChI=1S/C45H31N3O2S/c1-2-10-26(11-3-1)43-46-44(27-20-22-38-34(24-27)30-13-5-6-17-36(30)49-38)48-45(47-43)28-21-23-39-35(25-28)41-31(14-9-19-40(41)51-39)33-16-8-15-32-29-12-4-7-18-37(29)50-42(32)33/h1-25,43-48H. The molecule has 3 N–H and O–H groups in total. The van der Waals surface area contributed by atoms with E-state index in [4.69, 9.17) is 8.83 Å². The van der Waals surface area contributed by atoms with Gasteiger partial charge >= 0.3 is 0 Å². The molecule has 0 amide bonds. The van der Waals surface area contributed by atoms with Crippen LogP contribution in [-0.2, 0) is 0 Å². The van der Waals surface area contributed by atoms with E-state index < -0.39 is 0 Å². The number of rotatable bonds is 4. The van der Waals surface area contributed by atoms with Crippen LogP contribution in [0.3, 0.4) is 0 Å². The molecule has 10 aromatic rings. The molecule has 1 aliphatic heterocycles. The summed E-state index contributed by atoms with van der Waals surface area (Å²) < 4.78 is 15.2. The van der Waals surface area contributed by atoms with Crippen molar-refractivity contribution in [1.82, 2.24) is 16.0 Å². The van der Waals surface area contributed by atoms with Gasteiger partial charge in [-0.1, -0.05) is 109 Å². The average Bonchev–Trinajstić information content (AvgIpc) is 3.89. The van der Waals surface area contributed by atoms with Crippen LogP contribution in [0.2, 0.25) is 0 Å². The lowest BCUT2D eigenvalue weighted by Gasteiger charge is -2.39. The second-order valence-corrected chi connectivity index (χ2v) is 14.5. The smallest absolute Gasteiger partial charge is 0.143 e. The number of hydrogen-bond donors (Lipinski definition) is 3. The van der Waals surface area contributed by atoms with Gasteiger partial charge in [-0.3, -0.25) is 16.0 Å². The summed E-state index contributed by atoms with van der Waals surface area (Å²) in [4.78, 5) is 0. The van der Waals surface area contributed by atoms with E-state index in [9.17, 15) is 0 Å². The number of furan rings is 2. The minimum atomic E-state index is -0.122. The first-order valence-corrected chi connectivity index (χ1v) is 18.2. The van der Waals surface area contributed by atoms with Crippen LogP contribution in [-0.4, -0.2) is 0 Å². The summed E-state index contributed by atoms with van der Waals surface area (Å²) in [5.74, 6) is 0. The number of fused-ring (bicyclic) bond motifs is 9. The van der Waals surface area contributed by atoms with Gasteiger partial charge in [0.25, 0.3) is 0 Å². The zero-order chi connectivity index (χ0) is 33.5. The molecule has 3 unspecified atom stereocenters. The van der Waals surface area contributed by atoms with Crippen molar-refractivity contribution in [2.75, 3.05) is 0 Å². The maximum atomic E-state index is 6.52. The third-order valence-corrected chi connectivity index (χ3v) is 11.5. The Balaban J connectivity index is 1.04. The predicted octanol–water partition coefficient (Wildman–Crippen LogP) is 11.7. The predicted molar refractivity (Wildman–Crippen MR) is 210 cm³/mol. The Morgan fingerprint density at radius 1 is 0.392 bits per heavy atom. The summed E-state index contributed by atoms with van der Waals surface area (Å²) >= 11 is 1.84. The molecule has 0 radical (unpaired) electrons. The Labute approximate surface area is 297 Å². The van der Waals surface area contributed by atoms with Gasteiger partial charge < -0.3 is 8.83 Å². The van der Waals surface area contributed by atoms with Crippen LogP contribution in [0.25, 0.3) is 75.2 Å². The first-order chi connectivity index (χ1) is 25.2. The Bertz CT molecular complexity index is 2940. The second-order valence-electron chi connectivity index (χ2n) is 13.4. The third-order valence-electron chi connectivity index (χ3n) is 10.4. The van der Waals surface area contributed by atoms with Crippen molar-refractivity contribution in [1.29, 1.82) is 0 Å². The maximum absolute atomic E-state index is 6.52. The van der Waals surface area contributed by atoms with E-state index in [1.54, 1.807) is 0 Å². The molecule has 3 atom stereocenters. The normalized spacial score (nSPS) is 18.2. The van der Waals surface area contributed by atoms with Gasteiger partial charge in [-0.25, -0.2) is 0 Å². The monoisotopic (exact) mass is 677 g/mol. The minimum Gasteiger partial charge on any atom is -0.456 e. The van der Waals surface area contributed by atoms with Crippen molar-refractivity contribution in [3.8, 4) is 11.1 Å². The van der Waals surface area contributed by atoms with Gasteiger partial charge in [0, 0.05) is 47.3 Å². The van der Waals surface area contributed by atoms with E-state index in [0.717, 1.165) is 55.0 Å². The van der Waals surface area contributed by atoms with Crippen molar-refractivity contribution in [2.24, 2.45) is 0 Å². The van der Waals surface area contributed by atoms with Gasteiger partial charge in [-0.15, -0.1) is 11.3 Å². The second kappa shape index (κ2) is 11.4. The van der Waals surface area contributed by atoms with Crippen LogP contribution in [0.1, 0.15) is 35.2 Å². The Hall–Kier alpha value is -5.76. The van der Waals surface area contributed by atoms with Gasteiger partial charge in [0.15, 0.2) is 0 Å². The van der Waals surface area contributed by atoms with Crippen LogP contribution in [0.5, 0.6) is 0 Å². The summed E-state index contributed by atoms with van der Waals surface area (Å²) in [6, 6.07) is 53.8. The van der Waals surface area contributed by atoms with Gasteiger partial charge in [-0.2, -0.15) is 0 Å². The molecule has 5 nitrogen and oxygen atoms in total. The van der Waals surface area contributed by atoms with E-state index in [-0.39, 0.29) is 18.5 Å². The Morgan fingerprint density at radius 3 is 1.78 bits per heavy atom. The molecular formula is C45H31N3O2S. The Kier molecular flexibility index (Phi) is 6.48. The van der Waals surface area contributed by atoms with Crippen molar-refractivity contribution in [3.63, 3.8) is 0 Å². The molecule has 1 fully saturated rings. The molecular weight excluding hydrogens is 647 g/mol. The lowest BCUT2D eigenvalue weighted by Crippen LogP contribution is -2.54. The average molecular weight is 678 g/mol. The van der Waals surface area contributed by atoms with Crippen LogP contribution < -0.4 is 16.0 Å². The molecule has 11 rings (SSSR count). The van der Waals surface area contributed by atoms with Crippen molar-refractivity contribution < 1.29 is 8.83 Å². The molecule has 0 saturated carbocycles. The number of nitrogens with one attached hydrogen (secondary N) is 3. The summed E-state index contributed by atoms with van der Waals surface area (Å²) in [7, 11) is 0. The first kappa shape index (κ1) is 29.0. The van der Waals surface area contributed by atoms with Gasteiger partial charge in [-0.05, 0) is 64.7 Å². The summed E-state index contributed by atoms with van der Waals surface area (Å²) in [5, 5.41) is 18.7. The largest absolute Gasteiger partial charge is 0.456 e. The fraction of sp³-hybridized carbons (Fsp3) is 0.0667. The van der Waals surface area contributed by atoms with Crippen molar-refractivity contribution in [2.45, 2.75) is 18.5 Å². The van der Waals surface area contributed by atoms with Gasteiger partial charge in [0.1, 0.15) is 22.3 Å². The zero-order valence-electron chi connectivity index (χ0n) is 27.4. The quantitative estimate of drug-likeness (QED) is 0.173. The molecule has 1 aliphatic rings. The molecule has 7 aromatic carbocycles. The molecule has 3 aromatic heterocycles. The summed E-state index contributed by atoms with van der Waals surface area (Å²) in [5.41, 5.74) is 9.47. The fourth-order valence-corrected chi connectivity index (χ4v) is 9.11. The molecule has 1 saturated heterocycles. The molecule has 0 aliphatic carbocycles. The summed E-state index contributed by atoms with van der Waals surface area (Å²) in [6.45, 7) is 0. The molecule has 244 valence electrons. The van der Waals surface area contributed by atoms with Crippen molar-refractivity contribution >= 4 is 75.4 Å². The molecule has 6 heteroatoms. The van der Waals surface area contributed by atoms with Crippen LogP contribution in [0, 0.1) is 0 Å². The zero-order valence-corrected chi connectivity index (χ0v) is 28.2. The highest BCUT2D eigenvalue weighted by molar-refractivity contribution is 7.25. The number of benzene rings is 7. The van der Waals surface area contributed by atoms with E-state index in [2.05, 4.69) is 149 Å². The molecule has 4 heterocycles. The maximum Gasteiger partial charge on any atom is 0.143 e. The molecule has 0 spiro atoms. The number of thiophene rings is 1. The molecule has 51 heavy (non-hydrogen) atoms. The van der Waals surface area contributed by atoms with E-state index in [1.807, 2.05) is 29.5 Å². The van der Waals surface area contributed by atoms with Crippen molar-refractivity contribution in [3.05, 3.63) is 168 Å². The third kappa shape index (κ3) is 4.65. The summed E-state index contributed by atoms with van der Waals surface area (Å²) in [6.07, 6.45) is -0.311. The number of para-hydroxylation sites is 3. The SMILES string of the molecule is c1ccc(C2NC(c3ccc4oc5ccccc5c4c3)NC(c3ccc4sc5cccc(-c6cccc7c6oc6ccccc67)c5c4c3)N2)cc1. The van der Waals surface area contributed by atoms with Crippen LogP contribution in [0.4, 0.5) is 0 Å². The van der Waals surface area contributed by atoms with Crippen LogP contribution in [0.15, 0.2) is 160 Å². The lowest BCUT2D eigenvalue weighted by atomic mass is 9.96. The lowest BCUT2D eigenvalue weighted by molar-refractivity contribution is 0.203. The highest BCUT2D eigenvalue weighted by Crippen LogP contribution is 2.44. The minimum absolute atomic E-state index is 0.0737. The van der Waals surface area contributed by atoms with Gasteiger partial charge in [0.2, 0.25) is 0 Å². The fourth-order valence-electron chi connectivity index (χ4n) is 8.00. The highest BCUT2D eigenvalue weighted by atomic mass is 32.1. The number of hydrogen-bond acceptors (Lipinski definition) is 6. The van der Waals surface area contributed by atoms with E-state index >= 15 is 0 Å². The highest BCUT2D eigenvalue weighted by Gasteiger charge is 2.30. The molecule has 0 bridgehead atoms. The first-order valence-electron chi connectivity index (χ1n) is 17.4. The van der Waals surface area contributed by atoms with Gasteiger partial charge in [0.05, 0.1) is 18.5 Å². The Morgan fingerprint density at radius 2 is 0.980 bits per heavy atom. The topological polar surface area (TPSA) is 62.4 Å². The van der Waals surface area contributed by atoms with E-state index in [1.165, 1.54) is 36.9 Å².